The van der Waals surface area contributed by atoms with E-state index in [4.69, 9.17) is 5.11 Å². The minimum Gasteiger partial charge on any atom is -0.480 e. The fraction of sp³-hybridized carbons (Fsp3) is 0.500. The van der Waals surface area contributed by atoms with E-state index in [9.17, 15) is 9.59 Å². The molecule has 21 heavy (non-hydrogen) atoms. The summed E-state index contributed by atoms with van der Waals surface area (Å²) >= 11 is 0. The molecule has 116 valence electrons. The fourth-order valence-electron chi connectivity index (χ4n) is 2.03. The van der Waals surface area contributed by atoms with E-state index in [1.165, 1.54) is 0 Å². The van der Waals surface area contributed by atoms with E-state index in [-0.39, 0.29) is 5.91 Å². The smallest absolute Gasteiger partial charge is 0.326 e. The van der Waals surface area contributed by atoms with Crippen LogP contribution >= 0.6 is 0 Å². The van der Waals surface area contributed by atoms with Crippen molar-refractivity contribution in [2.24, 2.45) is 0 Å². The van der Waals surface area contributed by atoms with Crippen LogP contribution in [0.3, 0.4) is 0 Å². The third kappa shape index (κ3) is 5.85. The van der Waals surface area contributed by atoms with E-state index in [2.05, 4.69) is 5.32 Å². The topological polar surface area (TPSA) is 69.6 Å². The summed E-state index contributed by atoms with van der Waals surface area (Å²) in [6, 6.07) is 7.21. The summed E-state index contributed by atoms with van der Waals surface area (Å²) in [5, 5.41) is 11.6. The first-order valence-corrected chi connectivity index (χ1v) is 7.22. The first-order valence-electron chi connectivity index (χ1n) is 7.22. The predicted octanol–water partition coefficient (Wildman–Crippen LogP) is 2.05. The molecule has 1 amide bonds. The number of benzene rings is 1. The van der Waals surface area contributed by atoms with Crippen molar-refractivity contribution < 1.29 is 14.7 Å². The van der Waals surface area contributed by atoms with Crippen LogP contribution in [0.2, 0.25) is 0 Å². The number of hydrogen-bond acceptors (Lipinski definition) is 3. The van der Waals surface area contributed by atoms with Gasteiger partial charge in [0.2, 0.25) is 5.91 Å². The van der Waals surface area contributed by atoms with E-state index >= 15 is 0 Å². The Labute approximate surface area is 126 Å². The third-order valence-corrected chi connectivity index (χ3v) is 3.30. The van der Waals surface area contributed by atoms with Gasteiger partial charge in [0.15, 0.2) is 0 Å². The Morgan fingerprint density at radius 1 is 1.24 bits per heavy atom. The van der Waals surface area contributed by atoms with Crippen molar-refractivity contribution in [3.8, 4) is 0 Å². The highest BCUT2D eigenvalue weighted by molar-refractivity contribution is 5.83. The summed E-state index contributed by atoms with van der Waals surface area (Å²) in [6.07, 6.45) is 2.09. The maximum absolute atomic E-state index is 11.8. The van der Waals surface area contributed by atoms with Gasteiger partial charge in [-0.1, -0.05) is 25.5 Å². The van der Waals surface area contributed by atoms with Crippen molar-refractivity contribution in [3.05, 3.63) is 29.8 Å². The second-order valence-electron chi connectivity index (χ2n) is 5.31. The van der Waals surface area contributed by atoms with Crippen molar-refractivity contribution in [1.82, 2.24) is 5.32 Å². The molecule has 0 saturated carbocycles. The molecule has 0 bridgehead atoms. The minimum atomic E-state index is -0.972. The lowest BCUT2D eigenvalue weighted by molar-refractivity contribution is -0.142. The van der Waals surface area contributed by atoms with Crippen molar-refractivity contribution >= 4 is 17.6 Å². The maximum atomic E-state index is 11.8. The number of nitrogens with one attached hydrogen (secondary N) is 1. The third-order valence-electron chi connectivity index (χ3n) is 3.30. The zero-order valence-electron chi connectivity index (χ0n) is 12.9. The van der Waals surface area contributed by atoms with Gasteiger partial charge in [0, 0.05) is 26.2 Å². The summed E-state index contributed by atoms with van der Waals surface area (Å²) in [6.45, 7) is 1.90. The Balaban J connectivity index is 2.46. The normalized spacial score (nSPS) is 11.8. The molecule has 1 aromatic rings. The van der Waals surface area contributed by atoms with Gasteiger partial charge in [-0.25, -0.2) is 4.79 Å². The molecule has 0 aliphatic carbocycles. The zero-order chi connectivity index (χ0) is 15.8. The second kappa shape index (κ2) is 8.29. The van der Waals surface area contributed by atoms with Crippen LogP contribution in [0.4, 0.5) is 5.69 Å². The number of nitrogens with zero attached hydrogens (tertiary/aromatic N) is 1. The van der Waals surface area contributed by atoms with Crippen molar-refractivity contribution in [2.75, 3.05) is 19.0 Å². The summed E-state index contributed by atoms with van der Waals surface area (Å²) in [4.78, 5) is 24.8. The molecule has 0 aromatic heterocycles. The number of aryl methyl sites for hydroxylation is 1. The van der Waals surface area contributed by atoms with Crippen molar-refractivity contribution in [3.63, 3.8) is 0 Å². The molecule has 0 aliphatic heterocycles. The zero-order valence-corrected chi connectivity index (χ0v) is 12.9. The van der Waals surface area contributed by atoms with Gasteiger partial charge in [-0.05, 0) is 30.5 Å². The molecule has 0 heterocycles. The van der Waals surface area contributed by atoms with E-state index in [1.54, 1.807) is 0 Å². The van der Waals surface area contributed by atoms with Gasteiger partial charge in [-0.3, -0.25) is 4.79 Å². The number of rotatable bonds is 8. The van der Waals surface area contributed by atoms with Gasteiger partial charge in [0.25, 0.3) is 0 Å². The summed E-state index contributed by atoms with van der Waals surface area (Å²) in [5.41, 5.74) is 2.18. The Morgan fingerprint density at radius 2 is 1.86 bits per heavy atom. The quantitative estimate of drug-likeness (QED) is 0.769. The van der Waals surface area contributed by atoms with Gasteiger partial charge >= 0.3 is 5.97 Å². The Bertz CT molecular complexity index is 469. The maximum Gasteiger partial charge on any atom is 0.326 e. The molecular formula is C16H24N2O3. The number of carbonyl (C=O) groups excluding carboxylic acids is 1. The highest BCUT2D eigenvalue weighted by Gasteiger charge is 2.18. The SMILES string of the molecule is CCC[C@H](NC(=O)CCc1ccc(N(C)C)cc1)C(=O)O. The molecule has 5 nitrogen and oxygen atoms in total. The Hall–Kier alpha value is -2.04. The molecular weight excluding hydrogens is 268 g/mol. The van der Waals surface area contributed by atoms with Crippen LogP contribution in [0.1, 0.15) is 31.7 Å². The van der Waals surface area contributed by atoms with Crippen LogP contribution in [0.25, 0.3) is 0 Å². The van der Waals surface area contributed by atoms with Gasteiger partial charge in [-0.15, -0.1) is 0 Å². The molecule has 5 heteroatoms. The molecule has 0 spiro atoms. The highest BCUT2D eigenvalue weighted by Crippen LogP contribution is 2.13. The fourth-order valence-corrected chi connectivity index (χ4v) is 2.03. The number of hydrogen-bond donors (Lipinski definition) is 2. The van der Waals surface area contributed by atoms with Crippen molar-refractivity contribution in [1.29, 1.82) is 0 Å². The molecule has 0 aliphatic rings. The monoisotopic (exact) mass is 292 g/mol. The first kappa shape index (κ1) is 17.0. The van der Waals surface area contributed by atoms with Crippen LogP contribution in [0.5, 0.6) is 0 Å². The molecule has 0 unspecified atom stereocenters. The van der Waals surface area contributed by atoms with Gasteiger partial charge in [0.05, 0.1) is 0 Å². The molecule has 1 atom stereocenters. The van der Waals surface area contributed by atoms with Crippen LogP contribution in [0, 0.1) is 0 Å². The van der Waals surface area contributed by atoms with E-state index in [0.717, 1.165) is 17.7 Å². The predicted molar refractivity (Wildman–Crippen MR) is 83.6 cm³/mol. The van der Waals surface area contributed by atoms with E-state index in [0.29, 0.717) is 19.3 Å². The molecule has 0 radical (unpaired) electrons. The highest BCUT2D eigenvalue weighted by atomic mass is 16.4. The van der Waals surface area contributed by atoms with Crippen LogP contribution in [-0.4, -0.2) is 37.1 Å². The van der Waals surface area contributed by atoms with Gasteiger partial charge in [0.1, 0.15) is 6.04 Å². The van der Waals surface area contributed by atoms with Crippen molar-refractivity contribution in [2.45, 2.75) is 38.6 Å². The first-order chi connectivity index (χ1) is 9.93. The van der Waals surface area contributed by atoms with Gasteiger partial charge < -0.3 is 15.3 Å². The standard InChI is InChI=1S/C16H24N2O3/c1-4-5-14(16(20)21)17-15(19)11-8-12-6-9-13(10-7-12)18(2)3/h6-7,9-10,14H,4-5,8,11H2,1-3H3,(H,17,19)(H,20,21)/t14-/m0/s1. The number of carboxylic acid groups (broad SMARTS) is 1. The number of amides is 1. The molecule has 0 saturated heterocycles. The average Bonchev–Trinajstić information content (AvgIpc) is 2.45. The molecule has 1 aromatic carbocycles. The van der Waals surface area contributed by atoms with E-state index in [1.807, 2.05) is 50.2 Å². The van der Waals surface area contributed by atoms with E-state index < -0.39 is 12.0 Å². The molecule has 2 N–H and O–H groups in total. The van der Waals surface area contributed by atoms with Gasteiger partial charge in [-0.2, -0.15) is 0 Å². The second-order valence-corrected chi connectivity index (χ2v) is 5.31. The Kier molecular flexibility index (Phi) is 6.72. The number of aliphatic carboxylic acids is 1. The van der Waals surface area contributed by atoms with Crippen LogP contribution in [0.15, 0.2) is 24.3 Å². The summed E-state index contributed by atoms with van der Waals surface area (Å²) < 4.78 is 0. The lowest BCUT2D eigenvalue weighted by Crippen LogP contribution is -2.40. The summed E-state index contributed by atoms with van der Waals surface area (Å²) in [7, 11) is 3.95. The number of carbonyl (C=O) groups is 2. The minimum absolute atomic E-state index is 0.215. The Morgan fingerprint density at radius 3 is 2.33 bits per heavy atom. The number of carboxylic acids is 1. The average molecular weight is 292 g/mol. The number of anilines is 1. The molecule has 1 rings (SSSR count). The largest absolute Gasteiger partial charge is 0.480 e. The van der Waals surface area contributed by atoms with Crippen LogP contribution < -0.4 is 10.2 Å². The lowest BCUT2D eigenvalue weighted by Gasteiger charge is -2.14. The molecule has 0 fully saturated rings. The lowest BCUT2D eigenvalue weighted by atomic mass is 10.1. The van der Waals surface area contributed by atoms with Crippen LogP contribution in [-0.2, 0) is 16.0 Å². The summed E-state index contributed by atoms with van der Waals surface area (Å²) in [5.74, 6) is -1.19.